The number of fused-ring (bicyclic) bond motifs is 5. The molecule has 6 rings (SSSR count). The molecule has 3 atom stereocenters. The number of carbonyl (C=O) groups excluding carboxylic acids is 2. The second kappa shape index (κ2) is 10.5. The van der Waals surface area contributed by atoms with Crippen molar-refractivity contribution in [3.05, 3.63) is 105 Å². The predicted molar refractivity (Wildman–Crippen MR) is 165 cm³/mol. The average molecular weight is 579 g/mol. The number of methoxy groups -OCH3 is 2. The molecule has 2 N–H and O–H groups in total. The van der Waals surface area contributed by atoms with Crippen molar-refractivity contribution >= 4 is 29.1 Å². The summed E-state index contributed by atoms with van der Waals surface area (Å²) in [5, 5.41) is 15.1. The van der Waals surface area contributed by atoms with Crippen molar-refractivity contribution in [2.75, 3.05) is 14.2 Å². The third kappa shape index (κ3) is 4.42. The molecule has 9 heteroatoms. The third-order valence-corrected chi connectivity index (χ3v) is 9.04. The second-order valence-electron chi connectivity index (χ2n) is 11.4. The zero-order chi connectivity index (χ0) is 30.7. The lowest BCUT2D eigenvalue weighted by Gasteiger charge is -2.20. The maximum absolute atomic E-state index is 13.2. The Morgan fingerprint density at radius 3 is 2.49 bits per heavy atom. The molecule has 0 aromatic heterocycles. The Hall–Kier alpha value is -4.79. The van der Waals surface area contributed by atoms with Crippen LogP contribution < -0.4 is 5.32 Å². The van der Waals surface area contributed by atoms with E-state index in [-0.39, 0.29) is 30.0 Å². The van der Waals surface area contributed by atoms with Gasteiger partial charge in [-0.1, -0.05) is 19.6 Å². The van der Waals surface area contributed by atoms with Crippen molar-refractivity contribution in [2.45, 2.75) is 40.5 Å². The predicted octanol–water partition coefficient (Wildman–Crippen LogP) is 5.42. The highest BCUT2D eigenvalue weighted by Gasteiger charge is 2.49. The molecule has 220 valence electrons. The minimum absolute atomic E-state index is 0.0775. The molecule has 1 aliphatic carbocycles. The zero-order valence-electron chi connectivity index (χ0n) is 25.2. The molecule has 6 aliphatic rings. The zero-order valence-corrected chi connectivity index (χ0v) is 25.2. The van der Waals surface area contributed by atoms with Crippen molar-refractivity contribution in [3.8, 4) is 0 Å². The SMILES string of the molecule is C=CC1=C(C)C2=NC1=CC1=NC(=CC3=C(C)C4=C(O)C(C(=O)OC)C(=C5NC(=C2)[C@@H](C)[C@@H]5CCC(=O)OC)C4=N3)C=C1C. The highest BCUT2D eigenvalue weighted by molar-refractivity contribution is 6.24. The van der Waals surface area contributed by atoms with Gasteiger partial charge in [-0.25, -0.2) is 15.0 Å². The van der Waals surface area contributed by atoms with E-state index < -0.39 is 11.9 Å². The van der Waals surface area contributed by atoms with E-state index >= 15 is 0 Å². The van der Waals surface area contributed by atoms with Crippen LogP contribution in [0.4, 0.5) is 0 Å². The Morgan fingerprint density at radius 1 is 1.02 bits per heavy atom. The molecule has 0 amide bonds. The fourth-order valence-electron chi connectivity index (χ4n) is 6.60. The molecule has 8 bridgehead atoms. The molecule has 9 nitrogen and oxygen atoms in total. The van der Waals surface area contributed by atoms with Gasteiger partial charge < -0.3 is 19.9 Å². The fraction of sp³-hybridized carbons (Fsp3) is 0.324. The summed E-state index contributed by atoms with van der Waals surface area (Å²) in [5.74, 6) is -2.33. The average Bonchev–Trinajstić information content (AvgIpc) is 3.73. The Kier molecular flexibility index (Phi) is 6.91. The Morgan fingerprint density at radius 2 is 1.79 bits per heavy atom. The van der Waals surface area contributed by atoms with E-state index in [2.05, 4.69) is 18.8 Å². The summed E-state index contributed by atoms with van der Waals surface area (Å²) >= 11 is 0. The molecule has 43 heavy (non-hydrogen) atoms. The lowest BCUT2D eigenvalue weighted by Crippen LogP contribution is -2.25. The Labute approximate surface area is 250 Å². The van der Waals surface area contributed by atoms with Gasteiger partial charge in [0.1, 0.15) is 11.7 Å². The maximum atomic E-state index is 13.2. The first-order valence-corrected chi connectivity index (χ1v) is 14.3. The number of aliphatic imine (C=N–C) groups is 3. The number of esters is 2. The highest BCUT2D eigenvalue weighted by Crippen LogP contribution is 2.48. The lowest BCUT2D eigenvalue weighted by atomic mass is 9.84. The largest absolute Gasteiger partial charge is 0.510 e. The van der Waals surface area contributed by atoms with E-state index in [4.69, 9.17) is 24.5 Å². The second-order valence-corrected chi connectivity index (χ2v) is 11.4. The third-order valence-electron chi connectivity index (χ3n) is 9.04. The number of allylic oxidation sites excluding steroid dienone is 11. The van der Waals surface area contributed by atoms with E-state index in [1.165, 1.54) is 14.2 Å². The Balaban J connectivity index is 1.64. The minimum atomic E-state index is -1.05. The van der Waals surface area contributed by atoms with E-state index in [1.54, 1.807) is 0 Å². The van der Waals surface area contributed by atoms with Gasteiger partial charge in [0.05, 0.1) is 48.4 Å². The maximum Gasteiger partial charge on any atom is 0.321 e. The van der Waals surface area contributed by atoms with Gasteiger partial charge in [0.15, 0.2) is 0 Å². The van der Waals surface area contributed by atoms with Crippen molar-refractivity contribution < 1.29 is 24.2 Å². The van der Waals surface area contributed by atoms with Crippen LogP contribution in [0.15, 0.2) is 120 Å². The smallest absolute Gasteiger partial charge is 0.321 e. The molecule has 5 heterocycles. The van der Waals surface area contributed by atoms with Crippen molar-refractivity contribution in [3.63, 3.8) is 0 Å². The first-order valence-electron chi connectivity index (χ1n) is 14.3. The van der Waals surface area contributed by atoms with Crippen molar-refractivity contribution in [1.29, 1.82) is 0 Å². The van der Waals surface area contributed by atoms with Crippen LogP contribution in [0, 0.1) is 17.8 Å². The van der Waals surface area contributed by atoms with Gasteiger partial charge in [0.2, 0.25) is 0 Å². The topological polar surface area (TPSA) is 122 Å². The molecule has 0 spiro atoms. The quantitative estimate of drug-likeness (QED) is 0.421. The summed E-state index contributed by atoms with van der Waals surface area (Å²) in [5.41, 5.74) is 10.6. The molecule has 5 aliphatic heterocycles. The number of rotatable bonds is 5. The summed E-state index contributed by atoms with van der Waals surface area (Å²) in [6, 6.07) is 0. The fourth-order valence-corrected chi connectivity index (χ4v) is 6.60. The number of ether oxygens (including phenoxy) is 2. The molecule has 1 fully saturated rings. The number of aliphatic hydroxyl groups is 1. The molecule has 0 aromatic rings. The molecule has 0 radical (unpaired) electrons. The number of hydrogen-bond donors (Lipinski definition) is 2. The first-order chi connectivity index (χ1) is 20.6. The van der Waals surface area contributed by atoms with Gasteiger partial charge in [-0.15, -0.1) is 0 Å². The number of carbonyl (C=O) groups is 2. The summed E-state index contributed by atoms with van der Waals surface area (Å²) in [6.45, 7) is 12.0. The number of nitrogens with zero attached hydrogens (tertiary/aromatic N) is 3. The van der Waals surface area contributed by atoms with Crippen LogP contribution in [0.1, 0.15) is 40.5 Å². The van der Waals surface area contributed by atoms with Crippen molar-refractivity contribution in [1.82, 2.24) is 5.32 Å². The molecular weight excluding hydrogens is 544 g/mol. The van der Waals surface area contributed by atoms with Crippen LogP contribution in [-0.4, -0.2) is 48.4 Å². The molecular formula is C34H34N4O5. The van der Waals surface area contributed by atoms with E-state index in [9.17, 15) is 14.7 Å². The molecule has 1 saturated heterocycles. The van der Waals surface area contributed by atoms with Crippen LogP contribution in [0.5, 0.6) is 0 Å². The van der Waals surface area contributed by atoms with Gasteiger partial charge in [0.25, 0.3) is 0 Å². The molecule has 1 unspecified atom stereocenters. The van der Waals surface area contributed by atoms with Gasteiger partial charge in [-0.05, 0) is 68.2 Å². The van der Waals surface area contributed by atoms with E-state index in [1.807, 2.05) is 51.2 Å². The standard InChI is InChI=1S/C34H34N4O5/c1-8-20-16(3)24-14-25-17(4)21(9-10-27(39)42-6)31(37-25)29-30(34(41)43-7)33(40)28-18(5)23(38-32(28)29)12-19-11-15(2)22(35-19)13-26(20)36-24/h8,11-14,17,21,30,37,40H,1,9-10H2,2-7H3/t17-,21-,30?/m0/s1. The van der Waals surface area contributed by atoms with Crippen LogP contribution >= 0.6 is 0 Å². The number of aliphatic hydroxyl groups excluding tert-OH is 1. The number of nitrogens with one attached hydrogen (secondary N) is 1. The van der Waals surface area contributed by atoms with E-state index in [0.29, 0.717) is 29.0 Å². The van der Waals surface area contributed by atoms with Crippen LogP contribution in [0.2, 0.25) is 0 Å². The van der Waals surface area contributed by atoms with Crippen LogP contribution in [-0.2, 0) is 19.1 Å². The normalized spacial score (nSPS) is 25.6. The van der Waals surface area contributed by atoms with Crippen LogP contribution in [0.3, 0.4) is 0 Å². The Bertz CT molecular complexity index is 1770. The van der Waals surface area contributed by atoms with Gasteiger partial charge in [-0.3, -0.25) is 9.59 Å². The number of hydrogen-bond acceptors (Lipinski definition) is 9. The van der Waals surface area contributed by atoms with Crippen LogP contribution in [0.25, 0.3) is 0 Å². The summed E-state index contributed by atoms with van der Waals surface area (Å²) in [6.07, 6.45) is 10.3. The lowest BCUT2D eigenvalue weighted by molar-refractivity contribution is -0.143. The molecule has 0 aromatic carbocycles. The van der Waals surface area contributed by atoms with Gasteiger partial charge in [-0.2, -0.15) is 0 Å². The van der Waals surface area contributed by atoms with Crippen molar-refractivity contribution in [2.24, 2.45) is 32.7 Å². The monoisotopic (exact) mass is 578 g/mol. The molecule has 0 saturated carbocycles. The van der Waals surface area contributed by atoms with E-state index in [0.717, 1.165) is 56.5 Å². The minimum Gasteiger partial charge on any atom is -0.510 e. The van der Waals surface area contributed by atoms with Gasteiger partial charge >= 0.3 is 11.9 Å². The summed E-state index contributed by atoms with van der Waals surface area (Å²) in [7, 11) is 2.68. The highest BCUT2D eigenvalue weighted by atomic mass is 16.5. The summed E-state index contributed by atoms with van der Waals surface area (Å²) in [4.78, 5) is 40.3. The first kappa shape index (κ1) is 28.3. The van der Waals surface area contributed by atoms with Gasteiger partial charge in [0, 0.05) is 46.4 Å². The summed E-state index contributed by atoms with van der Waals surface area (Å²) < 4.78 is 10.1.